The van der Waals surface area contributed by atoms with Gasteiger partial charge in [-0.15, -0.1) is 0 Å². The van der Waals surface area contributed by atoms with Gasteiger partial charge in [0, 0.05) is 30.2 Å². The molecule has 31 heavy (non-hydrogen) atoms. The molecule has 2 amide bonds. The van der Waals surface area contributed by atoms with Crippen molar-refractivity contribution >= 4 is 28.9 Å². The van der Waals surface area contributed by atoms with Crippen LogP contribution in [0.4, 0.5) is 17.1 Å². The minimum atomic E-state index is -0.139. The maximum Gasteiger partial charge on any atom is 0.238 e. The Morgan fingerprint density at radius 1 is 0.903 bits per heavy atom. The van der Waals surface area contributed by atoms with E-state index in [0.29, 0.717) is 6.54 Å². The van der Waals surface area contributed by atoms with Crippen LogP contribution < -0.4 is 15.5 Å². The maximum absolute atomic E-state index is 12.5. The molecule has 166 valence electrons. The largest absolute Gasteiger partial charge is 0.378 e. The number of hydrogen-bond acceptors (Lipinski definition) is 5. The number of morpholine rings is 1. The van der Waals surface area contributed by atoms with Gasteiger partial charge in [0.15, 0.2) is 0 Å². The summed E-state index contributed by atoms with van der Waals surface area (Å²) in [5.74, 6) is -0.271. The summed E-state index contributed by atoms with van der Waals surface area (Å²) >= 11 is 0. The molecular formula is C24H32N4O3. The van der Waals surface area contributed by atoms with Crippen LogP contribution in [0.15, 0.2) is 42.5 Å². The third-order valence-corrected chi connectivity index (χ3v) is 5.50. The lowest BCUT2D eigenvalue weighted by Gasteiger charge is -2.29. The minimum Gasteiger partial charge on any atom is -0.378 e. The third-order valence-electron chi connectivity index (χ3n) is 5.50. The molecule has 0 spiro atoms. The van der Waals surface area contributed by atoms with Crippen LogP contribution in [0.2, 0.25) is 0 Å². The van der Waals surface area contributed by atoms with Gasteiger partial charge in [0.1, 0.15) is 0 Å². The molecule has 0 aliphatic carbocycles. The fourth-order valence-electron chi connectivity index (χ4n) is 3.48. The third kappa shape index (κ3) is 6.80. The SMILES string of the molecule is CCN(CC(=O)Nc1ccc(N2CCOCC2)cc1)CC(=O)Nc1ccc(C)c(C)c1. The highest BCUT2D eigenvalue weighted by atomic mass is 16.5. The van der Waals surface area contributed by atoms with Gasteiger partial charge in [-0.05, 0) is 67.9 Å². The molecule has 7 nitrogen and oxygen atoms in total. The van der Waals surface area contributed by atoms with Crippen molar-refractivity contribution in [1.29, 1.82) is 0 Å². The molecule has 2 N–H and O–H groups in total. The van der Waals surface area contributed by atoms with Crippen molar-refractivity contribution in [3.63, 3.8) is 0 Å². The van der Waals surface area contributed by atoms with E-state index in [1.165, 1.54) is 5.56 Å². The zero-order valence-electron chi connectivity index (χ0n) is 18.6. The summed E-state index contributed by atoms with van der Waals surface area (Å²) in [5, 5.41) is 5.83. The summed E-state index contributed by atoms with van der Waals surface area (Å²) in [5.41, 5.74) is 4.96. The minimum absolute atomic E-state index is 0.132. The number of carbonyl (C=O) groups is 2. The number of hydrogen-bond donors (Lipinski definition) is 2. The Morgan fingerprint density at radius 3 is 2.06 bits per heavy atom. The van der Waals surface area contributed by atoms with E-state index in [1.54, 1.807) is 0 Å². The molecule has 0 aromatic heterocycles. The maximum atomic E-state index is 12.5. The van der Waals surface area contributed by atoms with E-state index in [2.05, 4.69) is 15.5 Å². The van der Waals surface area contributed by atoms with Crippen LogP contribution in [0, 0.1) is 13.8 Å². The summed E-state index contributed by atoms with van der Waals surface area (Å²) in [4.78, 5) is 29.0. The first-order chi connectivity index (χ1) is 14.9. The predicted octanol–water partition coefficient (Wildman–Crippen LogP) is 3.04. The van der Waals surface area contributed by atoms with Crippen LogP contribution in [-0.4, -0.2) is 62.7 Å². The number of rotatable bonds is 8. The first-order valence-corrected chi connectivity index (χ1v) is 10.8. The van der Waals surface area contributed by atoms with Crippen molar-refractivity contribution in [2.45, 2.75) is 20.8 Å². The highest BCUT2D eigenvalue weighted by Gasteiger charge is 2.15. The van der Waals surface area contributed by atoms with Crippen LogP contribution in [0.3, 0.4) is 0 Å². The van der Waals surface area contributed by atoms with E-state index in [9.17, 15) is 9.59 Å². The topological polar surface area (TPSA) is 73.9 Å². The summed E-state index contributed by atoms with van der Waals surface area (Å²) in [6, 6.07) is 13.7. The van der Waals surface area contributed by atoms with Gasteiger partial charge >= 0.3 is 0 Å². The average molecular weight is 425 g/mol. The van der Waals surface area contributed by atoms with Crippen molar-refractivity contribution in [2.24, 2.45) is 0 Å². The second-order valence-corrected chi connectivity index (χ2v) is 7.84. The van der Waals surface area contributed by atoms with Gasteiger partial charge in [0.05, 0.1) is 26.3 Å². The Balaban J connectivity index is 1.48. The molecule has 1 aliphatic heterocycles. The molecule has 1 aliphatic rings. The van der Waals surface area contributed by atoms with Crippen LogP contribution >= 0.6 is 0 Å². The fourth-order valence-corrected chi connectivity index (χ4v) is 3.48. The van der Waals surface area contributed by atoms with Gasteiger partial charge in [-0.3, -0.25) is 14.5 Å². The van der Waals surface area contributed by atoms with E-state index in [0.717, 1.165) is 48.9 Å². The lowest BCUT2D eigenvalue weighted by Crippen LogP contribution is -2.38. The number of amides is 2. The Bertz CT molecular complexity index is 892. The Hall–Kier alpha value is -2.90. The molecule has 2 aromatic rings. The molecule has 2 aromatic carbocycles. The smallest absolute Gasteiger partial charge is 0.238 e. The quantitative estimate of drug-likeness (QED) is 0.681. The molecule has 0 saturated carbocycles. The van der Waals surface area contributed by atoms with Crippen molar-refractivity contribution in [2.75, 3.05) is 61.5 Å². The second kappa shape index (κ2) is 10.9. The zero-order valence-corrected chi connectivity index (χ0v) is 18.6. The number of aryl methyl sites for hydroxylation is 2. The average Bonchev–Trinajstić information content (AvgIpc) is 2.77. The van der Waals surface area contributed by atoms with E-state index < -0.39 is 0 Å². The Labute approximate surface area is 184 Å². The van der Waals surface area contributed by atoms with Crippen molar-refractivity contribution in [1.82, 2.24) is 4.90 Å². The van der Waals surface area contributed by atoms with Gasteiger partial charge in [-0.25, -0.2) is 0 Å². The van der Waals surface area contributed by atoms with Crippen LogP contribution in [0.1, 0.15) is 18.1 Å². The molecule has 7 heteroatoms. The normalized spacial score (nSPS) is 13.9. The van der Waals surface area contributed by atoms with Crippen LogP contribution in [0.5, 0.6) is 0 Å². The highest BCUT2D eigenvalue weighted by molar-refractivity contribution is 5.94. The monoisotopic (exact) mass is 424 g/mol. The first-order valence-electron chi connectivity index (χ1n) is 10.8. The first kappa shape index (κ1) is 22.8. The highest BCUT2D eigenvalue weighted by Crippen LogP contribution is 2.19. The number of likely N-dealkylation sites (N-methyl/N-ethyl adjacent to an activating group) is 1. The number of ether oxygens (including phenoxy) is 1. The van der Waals surface area contributed by atoms with E-state index in [4.69, 9.17) is 4.74 Å². The van der Waals surface area contributed by atoms with Gasteiger partial charge in [0.25, 0.3) is 0 Å². The number of benzene rings is 2. The van der Waals surface area contributed by atoms with E-state index >= 15 is 0 Å². The lowest BCUT2D eigenvalue weighted by atomic mass is 10.1. The summed E-state index contributed by atoms with van der Waals surface area (Å²) in [6.07, 6.45) is 0. The van der Waals surface area contributed by atoms with Gasteiger partial charge in [0.2, 0.25) is 11.8 Å². The van der Waals surface area contributed by atoms with Crippen LogP contribution in [-0.2, 0) is 14.3 Å². The summed E-state index contributed by atoms with van der Waals surface area (Å²) < 4.78 is 5.38. The Morgan fingerprint density at radius 2 is 1.48 bits per heavy atom. The molecule has 3 rings (SSSR count). The second-order valence-electron chi connectivity index (χ2n) is 7.84. The number of anilines is 3. The molecule has 0 atom stereocenters. The molecule has 1 saturated heterocycles. The van der Waals surface area contributed by atoms with Crippen LogP contribution in [0.25, 0.3) is 0 Å². The molecule has 1 heterocycles. The van der Waals surface area contributed by atoms with Gasteiger partial charge in [-0.1, -0.05) is 13.0 Å². The fraction of sp³-hybridized carbons (Fsp3) is 0.417. The standard InChI is InChI=1S/C24H32N4O3/c1-4-27(17-24(30)26-21-6-5-18(2)19(3)15-21)16-23(29)25-20-7-9-22(10-8-20)28-11-13-31-14-12-28/h5-10,15H,4,11-14,16-17H2,1-3H3,(H,25,29)(H,26,30). The van der Waals surface area contributed by atoms with Crippen molar-refractivity contribution in [3.8, 4) is 0 Å². The molecule has 0 bridgehead atoms. The number of nitrogens with zero attached hydrogens (tertiary/aromatic N) is 2. The van der Waals surface area contributed by atoms with Crippen molar-refractivity contribution in [3.05, 3.63) is 53.6 Å². The molecular weight excluding hydrogens is 392 g/mol. The van der Waals surface area contributed by atoms with Gasteiger partial charge < -0.3 is 20.3 Å². The number of nitrogens with one attached hydrogen (secondary N) is 2. The zero-order chi connectivity index (χ0) is 22.2. The molecule has 0 unspecified atom stereocenters. The molecule has 1 fully saturated rings. The Kier molecular flexibility index (Phi) is 8.03. The van der Waals surface area contributed by atoms with E-state index in [1.807, 2.05) is 68.1 Å². The van der Waals surface area contributed by atoms with Gasteiger partial charge in [-0.2, -0.15) is 0 Å². The molecule has 0 radical (unpaired) electrons. The van der Waals surface area contributed by atoms with Crippen molar-refractivity contribution < 1.29 is 14.3 Å². The number of carbonyl (C=O) groups excluding carboxylic acids is 2. The summed E-state index contributed by atoms with van der Waals surface area (Å²) in [6.45, 7) is 10.1. The lowest BCUT2D eigenvalue weighted by molar-refractivity contribution is -0.119. The van der Waals surface area contributed by atoms with E-state index in [-0.39, 0.29) is 24.9 Å². The predicted molar refractivity (Wildman–Crippen MR) is 125 cm³/mol. The summed E-state index contributed by atoms with van der Waals surface area (Å²) in [7, 11) is 0.